The Morgan fingerprint density at radius 1 is 1.29 bits per heavy atom. The van der Waals surface area contributed by atoms with Crippen LogP contribution in [-0.2, 0) is 19.6 Å². The normalized spacial score (nSPS) is 11.5. The maximum Gasteiger partial charge on any atom is 0.179 e. The van der Waals surface area contributed by atoms with E-state index >= 15 is 0 Å². The predicted molar refractivity (Wildman–Crippen MR) is 84.8 cm³/mol. The van der Waals surface area contributed by atoms with E-state index in [1.54, 1.807) is 0 Å². The number of nitrogens with zero attached hydrogens (tertiary/aromatic N) is 5. The van der Waals surface area contributed by atoms with Crippen molar-refractivity contribution in [2.45, 2.75) is 46.3 Å². The minimum absolute atomic E-state index is 0.787. The minimum Gasteiger partial charge on any atom is -0.337 e. The molecule has 0 aliphatic heterocycles. The molecule has 0 radical (unpaired) electrons. The second-order valence-electron chi connectivity index (χ2n) is 5.19. The maximum atomic E-state index is 5.45. The molecule has 6 nitrogen and oxygen atoms in total. The van der Waals surface area contributed by atoms with E-state index in [0.29, 0.717) is 0 Å². The molecule has 0 aromatic carbocycles. The Balaban J connectivity index is 1.74. The van der Waals surface area contributed by atoms with Crippen LogP contribution in [0.15, 0.2) is 18.7 Å². The molecule has 0 atom stereocenters. The van der Waals surface area contributed by atoms with E-state index in [1.807, 2.05) is 30.3 Å². The molecular formula is C14H20N6S. The average Bonchev–Trinajstić information content (AvgIpc) is 3.15. The summed E-state index contributed by atoms with van der Waals surface area (Å²) < 4.78 is 7.08. The van der Waals surface area contributed by atoms with Gasteiger partial charge in [0.15, 0.2) is 10.4 Å². The average molecular weight is 304 g/mol. The molecule has 0 fully saturated rings. The molecule has 0 spiro atoms. The van der Waals surface area contributed by atoms with Gasteiger partial charge in [-0.3, -0.25) is 0 Å². The van der Waals surface area contributed by atoms with Gasteiger partial charge >= 0.3 is 0 Å². The van der Waals surface area contributed by atoms with Crippen LogP contribution in [0.5, 0.6) is 0 Å². The largest absolute Gasteiger partial charge is 0.337 e. The van der Waals surface area contributed by atoms with Crippen molar-refractivity contribution < 1.29 is 0 Å². The zero-order valence-corrected chi connectivity index (χ0v) is 13.2. The number of nitrogens with one attached hydrogen (secondary N) is 1. The standard InChI is InChI=1S/C14H20N6S/c1-3-20-13-12(11(2)17-20)16-14(21)19(13)8-5-4-7-18-9-6-15-10-18/h6,9-10H,3-5,7-8H2,1-2H3,(H,16,21). The third-order valence-electron chi connectivity index (χ3n) is 3.74. The number of hydrogen-bond donors (Lipinski definition) is 1. The minimum atomic E-state index is 0.787. The molecule has 0 aliphatic rings. The Morgan fingerprint density at radius 3 is 2.81 bits per heavy atom. The first-order valence-electron chi connectivity index (χ1n) is 7.32. The topological polar surface area (TPSA) is 56.4 Å². The number of H-pyrrole nitrogens is 1. The lowest BCUT2D eigenvalue weighted by molar-refractivity contribution is 0.545. The second kappa shape index (κ2) is 5.85. The van der Waals surface area contributed by atoms with Crippen molar-refractivity contribution in [2.24, 2.45) is 0 Å². The molecule has 0 saturated heterocycles. The number of aryl methyl sites for hydroxylation is 4. The number of hydrogen-bond acceptors (Lipinski definition) is 3. The van der Waals surface area contributed by atoms with Crippen LogP contribution < -0.4 is 0 Å². The molecule has 112 valence electrons. The molecule has 3 heterocycles. The molecule has 3 aromatic rings. The lowest BCUT2D eigenvalue weighted by Crippen LogP contribution is -2.06. The summed E-state index contributed by atoms with van der Waals surface area (Å²) in [6.45, 7) is 6.88. The number of rotatable bonds is 6. The van der Waals surface area contributed by atoms with Gasteiger partial charge < -0.3 is 14.1 Å². The van der Waals surface area contributed by atoms with Gasteiger partial charge in [-0.05, 0) is 38.9 Å². The first-order valence-corrected chi connectivity index (χ1v) is 7.73. The number of fused-ring (bicyclic) bond motifs is 1. The summed E-state index contributed by atoms with van der Waals surface area (Å²) in [5.74, 6) is 0. The van der Waals surface area contributed by atoms with Gasteiger partial charge in [0.1, 0.15) is 5.52 Å². The third kappa shape index (κ3) is 2.65. The lowest BCUT2D eigenvalue weighted by atomic mass is 10.3. The molecule has 21 heavy (non-hydrogen) atoms. The summed E-state index contributed by atoms with van der Waals surface area (Å²) in [6.07, 6.45) is 7.84. The van der Waals surface area contributed by atoms with Crippen LogP contribution in [0.3, 0.4) is 0 Å². The smallest absolute Gasteiger partial charge is 0.179 e. The van der Waals surface area contributed by atoms with E-state index in [-0.39, 0.29) is 0 Å². The van der Waals surface area contributed by atoms with E-state index in [4.69, 9.17) is 12.2 Å². The van der Waals surface area contributed by atoms with Gasteiger partial charge in [0.05, 0.1) is 12.0 Å². The SMILES string of the molecule is CCn1nc(C)c2[nH]c(=S)n(CCCCn3ccnc3)c21. The van der Waals surface area contributed by atoms with E-state index in [9.17, 15) is 0 Å². The van der Waals surface area contributed by atoms with Crippen molar-refractivity contribution in [1.29, 1.82) is 0 Å². The Kier molecular flexibility index (Phi) is 3.92. The maximum absolute atomic E-state index is 5.45. The first kappa shape index (κ1) is 14.1. The summed E-state index contributed by atoms with van der Waals surface area (Å²) >= 11 is 5.45. The van der Waals surface area contributed by atoms with Gasteiger partial charge in [0.25, 0.3) is 0 Å². The molecule has 7 heteroatoms. The van der Waals surface area contributed by atoms with E-state index in [1.165, 1.54) is 0 Å². The zero-order chi connectivity index (χ0) is 14.8. The molecule has 1 N–H and O–H groups in total. The van der Waals surface area contributed by atoms with E-state index in [2.05, 4.69) is 31.1 Å². The van der Waals surface area contributed by atoms with Gasteiger partial charge in [0.2, 0.25) is 0 Å². The van der Waals surface area contributed by atoms with Gasteiger partial charge in [0, 0.05) is 32.0 Å². The molecule has 3 rings (SSSR count). The highest BCUT2D eigenvalue weighted by Crippen LogP contribution is 2.18. The van der Waals surface area contributed by atoms with Gasteiger partial charge in [-0.1, -0.05) is 0 Å². The number of imidazole rings is 2. The highest BCUT2D eigenvalue weighted by Gasteiger charge is 2.13. The van der Waals surface area contributed by atoms with Gasteiger partial charge in [-0.15, -0.1) is 0 Å². The van der Waals surface area contributed by atoms with Crippen LogP contribution in [0.4, 0.5) is 0 Å². The second-order valence-corrected chi connectivity index (χ2v) is 5.58. The van der Waals surface area contributed by atoms with Crippen molar-refractivity contribution in [3.63, 3.8) is 0 Å². The quantitative estimate of drug-likeness (QED) is 0.563. The summed E-state index contributed by atoms with van der Waals surface area (Å²) in [7, 11) is 0. The fourth-order valence-corrected chi connectivity index (χ4v) is 2.95. The van der Waals surface area contributed by atoms with Gasteiger partial charge in [-0.2, -0.15) is 5.10 Å². The Morgan fingerprint density at radius 2 is 2.10 bits per heavy atom. The monoisotopic (exact) mass is 304 g/mol. The summed E-state index contributed by atoms with van der Waals surface area (Å²) in [5.41, 5.74) is 3.19. The van der Waals surface area contributed by atoms with Gasteiger partial charge in [-0.25, -0.2) is 9.67 Å². The van der Waals surface area contributed by atoms with Crippen molar-refractivity contribution in [3.8, 4) is 0 Å². The summed E-state index contributed by atoms with van der Waals surface area (Å²) in [4.78, 5) is 7.34. The number of unbranched alkanes of at least 4 members (excludes halogenated alkanes) is 1. The highest BCUT2D eigenvalue weighted by molar-refractivity contribution is 7.71. The number of aromatic amines is 1. The molecule has 0 saturated carbocycles. The molecule has 0 unspecified atom stereocenters. The van der Waals surface area contributed by atoms with Crippen LogP contribution in [-0.4, -0.2) is 28.9 Å². The Bertz CT molecular complexity index is 776. The van der Waals surface area contributed by atoms with Crippen LogP contribution in [0, 0.1) is 11.7 Å². The lowest BCUT2D eigenvalue weighted by Gasteiger charge is -2.06. The van der Waals surface area contributed by atoms with Crippen LogP contribution in [0.2, 0.25) is 0 Å². The molecule has 0 bridgehead atoms. The van der Waals surface area contributed by atoms with Crippen LogP contribution in [0.25, 0.3) is 11.2 Å². The van der Waals surface area contributed by atoms with Crippen molar-refractivity contribution >= 4 is 23.4 Å². The fraction of sp³-hybridized carbons (Fsp3) is 0.500. The molecule has 0 amide bonds. The number of aromatic nitrogens is 6. The Labute approximate surface area is 128 Å². The predicted octanol–water partition coefficient (Wildman–Crippen LogP) is 2.90. The van der Waals surface area contributed by atoms with Crippen molar-refractivity contribution in [3.05, 3.63) is 29.2 Å². The molecular weight excluding hydrogens is 284 g/mol. The molecule has 0 aliphatic carbocycles. The van der Waals surface area contributed by atoms with Crippen LogP contribution >= 0.6 is 12.2 Å². The highest BCUT2D eigenvalue weighted by atomic mass is 32.1. The van der Waals surface area contributed by atoms with Crippen LogP contribution in [0.1, 0.15) is 25.5 Å². The first-order chi connectivity index (χ1) is 10.2. The third-order valence-corrected chi connectivity index (χ3v) is 4.06. The summed E-state index contributed by atoms with van der Waals surface area (Å²) in [5, 5.41) is 4.54. The summed E-state index contributed by atoms with van der Waals surface area (Å²) in [6, 6.07) is 0. The molecule has 3 aromatic heterocycles. The van der Waals surface area contributed by atoms with E-state index in [0.717, 1.165) is 54.1 Å². The zero-order valence-electron chi connectivity index (χ0n) is 12.4. The Hall–Kier alpha value is -1.89. The van der Waals surface area contributed by atoms with E-state index < -0.39 is 0 Å². The van der Waals surface area contributed by atoms with Crippen molar-refractivity contribution in [1.82, 2.24) is 28.9 Å². The fourth-order valence-electron chi connectivity index (χ4n) is 2.67. The van der Waals surface area contributed by atoms with Crippen molar-refractivity contribution in [2.75, 3.05) is 0 Å².